The molecule has 0 radical (unpaired) electrons. The molecule has 2 aromatic rings. The molecule has 0 spiro atoms. The average Bonchev–Trinajstić information content (AvgIpc) is 3.25. The van der Waals surface area contributed by atoms with E-state index < -0.39 is 0 Å². The van der Waals surface area contributed by atoms with Gasteiger partial charge >= 0.3 is 0 Å². The van der Waals surface area contributed by atoms with E-state index in [1.165, 1.54) is 25.9 Å². The van der Waals surface area contributed by atoms with Gasteiger partial charge in [0.1, 0.15) is 0 Å². The molecule has 0 aliphatic carbocycles. The van der Waals surface area contributed by atoms with Gasteiger partial charge in [0.2, 0.25) is 5.91 Å². The minimum Gasteiger partial charge on any atom is -0.351 e. The summed E-state index contributed by atoms with van der Waals surface area (Å²) >= 11 is 0. The molecule has 1 fully saturated rings. The molecule has 5 heteroatoms. The number of unbranched alkanes of at least 4 members (excludes halogenated alkanes) is 1. The van der Waals surface area contributed by atoms with Gasteiger partial charge in [0.15, 0.2) is 0 Å². The molecule has 2 N–H and O–H groups in total. The molecule has 5 nitrogen and oxygen atoms in total. The number of benzene rings is 2. The molecule has 0 aromatic heterocycles. The minimum atomic E-state index is -0.0183. The van der Waals surface area contributed by atoms with Crippen molar-refractivity contribution in [3.63, 3.8) is 0 Å². The molecule has 0 bridgehead atoms. The third-order valence-corrected chi connectivity index (χ3v) is 5.95. The lowest BCUT2D eigenvalue weighted by atomic mass is 9.85. The number of nitrogens with one attached hydrogen (secondary N) is 2. The summed E-state index contributed by atoms with van der Waals surface area (Å²) < 4.78 is 0. The van der Waals surface area contributed by atoms with Crippen molar-refractivity contribution in [3.8, 4) is 0 Å². The Bertz CT molecular complexity index is 874. The lowest BCUT2D eigenvalue weighted by molar-refractivity contribution is -0.116. The van der Waals surface area contributed by atoms with Gasteiger partial charge in [0.25, 0.3) is 5.91 Å². The third kappa shape index (κ3) is 4.85. The number of amides is 2. The maximum absolute atomic E-state index is 12.4. The normalized spacial score (nSPS) is 18.9. The van der Waals surface area contributed by atoms with Crippen LogP contribution in [-0.2, 0) is 4.79 Å². The van der Waals surface area contributed by atoms with Gasteiger partial charge < -0.3 is 15.5 Å². The maximum Gasteiger partial charge on any atom is 0.251 e. The lowest BCUT2D eigenvalue weighted by Gasteiger charge is -2.26. The summed E-state index contributed by atoms with van der Waals surface area (Å²) in [5.74, 6) is 0.150. The van der Waals surface area contributed by atoms with Crippen LogP contribution < -0.4 is 10.6 Å². The largest absolute Gasteiger partial charge is 0.351 e. The zero-order chi connectivity index (χ0) is 20.1. The van der Waals surface area contributed by atoms with E-state index in [0.717, 1.165) is 41.8 Å². The maximum atomic E-state index is 12.4. The van der Waals surface area contributed by atoms with Gasteiger partial charge in [-0.15, -0.1) is 0 Å². The van der Waals surface area contributed by atoms with Crippen LogP contribution in [0, 0.1) is 0 Å². The molecule has 4 rings (SSSR count). The van der Waals surface area contributed by atoms with Crippen molar-refractivity contribution in [1.82, 2.24) is 10.2 Å². The van der Waals surface area contributed by atoms with Gasteiger partial charge in [-0.3, -0.25) is 9.59 Å². The van der Waals surface area contributed by atoms with Gasteiger partial charge in [-0.2, -0.15) is 0 Å². The predicted molar refractivity (Wildman–Crippen MR) is 115 cm³/mol. The number of fused-ring (bicyclic) bond motifs is 1. The zero-order valence-corrected chi connectivity index (χ0v) is 16.8. The zero-order valence-electron chi connectivity index (χ0n) is 16.8. The fourth-order valence-corrected chi connectivity index (χ4v) is 4.39. The Morgan fingerprint density at radius 3 is 2.76 bits per heavy atom. The first-order chi connectivity index (χ1) is 14.2. The summed E-state index contributed by atoms with van der Waals surface area (Å²) in [4.78, 5) is 27.0. The van der Waals surface area contributed by atoms with E-state index in [1.54, 1.807) is 0 Å². The van der Waals surface area contributed by atoms with E-state index in [9.17, 15) is 9.59 Å². The van der Waals surface area contributed by atoms with E-state index in [1.807, 2.05) is 42.5 Å². The topological polar surface area (TPSA) is 61.4 Å². The SMILES string of the molecule is O=C(CCCCN1CCCC1)Nc1cccc(C2CNC(=O)c3ccccc32)c1. The molecule has 2 aliphatic heterocycles. The van der Waals surface area contributed by atoms with Gasteiger partial charge in [-0.25, -0.2) is 0 Å². The summed E-state index contributed by atoms with van der Waals surface area (Å²) in [5.41, 5.74) is 3.70. The standard InChI is InChI=1S/C24H29N3O2/c28-23(12-3-4-13-27-14-5-6-15-27)26-19-9-7-8-18(16-19)22-17-25-24(29)21-11-2-1-10-20(21)22/h1-2,7-11,16,22H,3-6,12-15,17H2,(H,25,29)(H,26,28). The Balaban J connectivity index is 1.34. The number of likely N-dealkylation sites (tertiary alicyclic amines) is 1. The molecule has 0 saturated carbocycles. The van der Waals surface area contributed by atoms with E-state index in [2.05, 4.69) is 21.6 Å². The molecular formula is C24H29N3O2. The molecule has 152 valence electrons. The Morgan fingerprint density at radius 1 is 1.07 bits per heavy atom. The number of hydrogen-bond donors (Lipinski definition) is 2. The summed E-state index contributed by atoms with van der Waals surface area (Å²) in [6.45, 7) is 4.10. The second-order valence-corrected chi connectivity index (χ2v) is 8.03. The fourth-order valence-electron chi connectivity index (χ4n) is 4.39. The highest BCUT2D eigenvalue weighted by atomic mass is 16.2. The molecule has 29 heavy (non-hydrogen) atoms. The van der Waals surface area contributed by atoms with Crippen LogP contribution in [0.25, 0.3) is 0 Å². The second kappa shape index (κ2) is 9.23. The van der Waals surface area contributed by atoms with Gasteiger partial charge in [0, 0.05) is 30.1 Å². The van der Waals surface area contributed by atoms with Crippen LogP contribution >= 0.6 is 0 Å². The average molecular weight is 392 g/mol. The number of hydrogen-bond acceptors (Lipinski definition) is 3. The number of anilines is 1. The van der Waals surface area contributed by atoms with Crippen molar-refractivity contribution in [1.29, 1.82) is 0 Å². The van der Waals surface area contributed by atoms with Crippen molar-refractivity contribution < 1.29 is 9.59 Å². The molecule has 2 aliphatic rings. The molecule has 2 aromatic carbocycles. The first kappa shape index (κ1) is 19.6. The molecule has 1 atom stereocenters. The van der Waals surface area contributed by atoms with Crippen molar-refractivity contribution >= 4 is 17.5 Å². The van der Waals surface area contributed by atoms with Crippen molar-refractivity contribution in [3.05, 3.63) is 65.2 Å². The molecule has 2 heterocycles. The van der Waals surface area contributed by atoms with Crippen LogP contribution in [0.15, 0.2) is 48.5 Å². The predicted octanol–water partition coefficient (Wildman–Crippen LogP) is 3.77. The third-order valence-electron chi connectivity index (χ3n) is 5.95. The van der Waals surface area contributed by atoms with Crippen LogP contribution in [-0.4, -0.2) is 42.9 Å². The van der Waals surface area contributed by atoms with Gasteiger partial charge in [0.05, 0.1) is 0 Å². The Labute approximate surface area is 172 Å². The van der Waals surface area contributed by atoms with E-state index in [0.29, 0.717) is 13.0 Å². The Morgan fingerprint density at radius 2 is 1.90 bits per heavy atom. The highest BCUT2D eigenvalue weighted by Gasteiger charge is 2.26. The van der Waals surface area contributed by atoms with E-state index >= 15 is 0 Å². The summed E-state index contributed by atoms with van der Waals surface area (Å²) in [7, 11) is 0. The van der Waals surface area contributed by atoms with Crippen molar-refractivity contribution in [2.75, 3.05) is 31.5 Å². The highest BCUT2D eigenvalue weighted by molar-refractivity contribution is 5.97. The number of carbonyl (C=O) groups is 2. The first-order valence-corrected chi connectivity index (χ1v) is 10.7. The van der Waals surface area contributed by atoms with Gasteiger partial charge in [-0.05, 0) is 74.6 Å². The minimum absolute atomic E-state index is 0.0183. The highest BCUT2D eigenvalue weighted by Crippen LogP contribution is 2.31. The second-order valence-electron chi connectivity index (χ2n) is 8.03. The Kier molecular flexibility index (Phi) is 6.25. The monoisotopic (exact) mass is 391 g/mol. The van der Waals surface area contributed by atoms with Crippen LogP contribution in [0.2, 0.25) is 0 Å². The Hall–Kier alpha value is -2.66. The summed E-state index contributed by atoms with van der Waals surface area (Å²) in [6.07, 6.45) is 5.18. The van der Waals surface area contributed by atoms with E-state index in [4.69, 9.17) is 0 Å². The number of carbonyl (C=O) groups excluding carboxylic acids is 2. The summed E-state index contributed by atoms with van der Waals surface area (Å²) in [5, 5.41) is 6.02. The van der Waals surface area contributed by atoms with Crippen LogP contribution in [0.4, 0.5) is 5.69 Å². The van der Waals surface area contributed by atoms with Crippen LogP contribution in [0.5, 0.6) is 0 Å². The molecule has 1 unspecified atom stereocenters. The number of rotatable bonds is 7. The molecule has 1 saturated heterocycles. The van der Waals surface area contributed by atoms with Gasteiger partial charge in [-0.1, -0.05) is 30.3 Å². The quantitative estimate of drug-likeness (QED) is 0.707. The van der Waals surface area contributed by atoms with Crippen LogP contribution in [0.3, 0.4) is 0 Å². The molecule has 2 amide bonds. The van der Waals surface area contributed by atoms with E-state index in [-0.39, 0.29) is 17.7 Å². The first-order valence-electron chi connectivity index (χ1n) is 10.7. The smallest absolute Gasteiger partial charge is 0.251 e. The summed E-state index contributed by atoms with van der Waals surface area (Å²) in [6, 6.07) is 15.7. The molecular weight excluding hydrogens is 362 g/mol. The van der Waals surface area contributed by atoms with Crippen molar-refractivity contribution in [2.24, 2.45) is 0 Å². The number of nitrogens with zero attached hydrogens (tertiary/aromatic N) is 1. The van der Waals surface area contributed by atoms with Crippen molar-refractivity contribution in [2.45, 2.75) is 38.0 Å². The van der Waals surface area contributed by atoms with Crippen LogP contribution in [0.1, 0.15) is 59.5 Å². The fraction of sp³-hybridized carbons (Fsp3) is 0.417. The lowest BCUT2D eigenvalue weighted by Crippen LogP contribution is -2.35.